The predicted octanol–water partition coefficient (Wildman–Crippen LogP) is 2.18. The third-order valence-electron chi connectivity index (χ3n) is 4.09. The van der Waals surface area contributed by atoms with E-state index < -0.39 is 0 Å². The summed E-state index contributed by atoms with van der Waals surface area (Å²) in [6.45, 7) is 7.44. The van der Waals surface area contributed by atoms with Gasteiger partial charge in [0, 0.05) is 17.3 Å². The number of piperidine rings is 1. The average Bonchev–Trinajstić information content (AvgIpc) is 3.18. The van der Waals surface area contributed by atoms with Crippen LogP contribution in [0.3, 0.4) is 0 Å². The smallest absolute Gasteiger partial charge is 0.245 e. The predicted molar refractivity (Wildman–Crippen MR) is 86.9 cm³/mol. The summed E-state index contributed by atoms with van der Waals surface area (Å²) in [7, 11) is 0. The summed E-state index contributed by atoms with van der Waals surface area (Å²) in [6, 6.07) is 0.0776. The van der Waals surface area contributed by atoms with Crippen molar-refractivity contribution in [2.45, 2.75) is 58.0 Å². The second kappa shape index (κ2) is 6.35. The van der Waals surface area contributed by atoms with Crippen molar-refractivity contribution in [3.8, 4) is 0 Å². The molecule has 1 aliphatic rings. The SMILES string of the molecule is CC(C)(C)c1csc(C2CCCCN2C(=O)Cn2cnnn2)n1. The maximum atomic E-state index is 12.6. The van der Waals surface area contributed by atoms with Crippen LogP contribution < -0.4 is 0 Å². The highest BCUT2D eigenvalue weighted by Gasteiger charge is 2.31. The Hall–Kier alpha value is -1.83. The van der Waals surface area contributed by atoms with E-state index in [0.29, 0.717) is 0 Å². The fraction of sp³-hybridized carbons (Fsp3) is 0.667. The Morgan fingerprint density at radius 3 is 2.87 bits per heavy atom. The molecule has 7 nitrogen and oxygen atoms in total. The summed E-state index contributed by atoms with van der Waals surface area (Å²) < 4.78 is 1.47. The molecule has 0 N–H and O–H groups in total. The first-order valence-electron chi connectivity index (χ1n) is 7.91. The Bertz CT molecular complexity index is 660. The third kappa shape index (κ3) is 3.57. The van der Waals surface area contributed by atoms with Crippen molar-refractivity contribution in [1.82, 2.24) is 30.1 Å². The fourth-order valence-electron chi connectivity index (χ4n) is 2.75. The average molecular weight is 334 g/mol. The number of hydrogen-bond acceptors (Lipinski definition) is 6. The molecule has 1 unspecified atom stereocenters. The monoisotopic (exact) mass is 334 g/mol. The van der Waals surface area contributed by atoms with Crippen molar-refractivity contribution in [1.29, 1.82) is 0 Å². The van der Waals surface area contributed by atoms with Crippen molar-refractivity contribution in [3.63, 3.8) is 0 Å². The minimum atomic E-state index is 0.0324. The number of likely N-dealkylation sites (tertiary alicyclic amines) is 1. The third-order valence-corrected chi connectivity index (χ3v) is 5.03. The molecule has 8 heteroatoms. The summed E-state index contributed by atoms with van der Waals surface area (Å²) in [5.41, 5.74) is 1.13. The minimum absolute atomic E-state index is 0.0324. The molecule has 0 radical (unpaired) electrons. The van der Waals surface area contributed by atoms with Crippen LogP contribution in [0.2, 0.25) is 0 Å². The Balaban J connectivity index is 1.78. The van der Waals surface area contributed by atoms with Gasteiger partial charge in [-0.05, 0) is 29.7 Å². The summed E-state index contributed by atoms with van der Waals surface area (Å²) in [5, 5.41) is 14.1. The number of thiazole rings is 1. The van der Waals surface area contributed by atoms with E-state index in [-0.39, 0.29) is 23.9 Å². The normalized spacial score (nSPS) is 19.1. The summed E-state index contributed by atoms with van der Waals surface area (Å²) in [4.78, 5) is 19.4. The van der Waals surface area contributed by atoms with Gasteiger partial charge in [-0.3, -0.25) is 4.79 Å². The van der Waals surface area contributed by atoms with E-state index in [2.05, 4.69) is 41.7 Å². The number of rotatable bonds is 3. The minimum Gasteiger partial charge on any atom is -0.332 e. The van der Waals surface area contributed by atoms with Crippen LogP contribution in [0, 0.1) is 0 Å². The lowest BCUT2D eigenvalue weighted by atomic mass is 9.93. The van der Waals surface area contributed by atoms with Crippen LogP contribution in [0.5, 0.6) is 0 Å². The van der Waals surface area contributed by atoms with E-state index in [4.69, 9.17) is 4.98 Å². The van der Waals surface area contributed by atoms with Gasteiger partial charge >= 0.3 is 0 Å². The summed E-state index contributed by atoms with van der Waals surface area (Å²) in [5.74, 6) is 0.0505. The summed E-state index contributed by atoms with van der Waals surface area (Å²) in [6.07, 6.45) is 4.61. The van der Waals surface area contributed by atoms with Crippen LogP contribution in [0.15, 0.2) is 11.7 Å². The fourth-order valence-corrected chi connectivity index (χ4v) is 3.95. The molecule has 1 atom stereocenters. The zero-order valence-electron chi connectivity index (χ0n) is 13.8. The molecule has 2 aromatic rings. The number of aromatic nitrogens is 5. The second-order valence-corrected chi connectivity index (χ2v) is 7.82. The van der Waals surface area contributed by atoms with Crippen molar-refractivity contribution in [2.75, 3.05) is 6.54 Å². The lowest BCUT2D eigenvalue weighted by molar-refractivity contribution is -0.136. The summed E-state index contributed by atoms with van der Waals surface area (Å²) >= 11 is 1.66. The molecule has 0 saturated carbocycles. The highest BCUT2D eigenvalue weighted by Crippen LogP contribution is 2.35. The number of hydrogen-bond donors (Lipinski definition) is 0. The van der Waals surface area contributed by atoms with Crippen LogP contribution in [-0.2, 0) is 16.8 Å². The van der Waals surface area contributed by atoms with E-state index in [1.165, 1.54) is 11.0 Å². The molecule has 0 aromatic carbocycles. The van der Waals surface area contributed by atoms with Gasteiger partial charge in [-0.15, -0.1) is 16.4 Å². The second-order valence-electron chi connectivity index (χ2n) is 6.93. The molecule has 1 saturated heterocycles. The van der Waals surface area contributed by atoms with Crippen molar-refractivity contribution >= 4 is 17.2 Å². The molecule has 1 amide bonds. The Morgan fingerprint density at radius 1 is 1.39 bits per heavy atom. The molecule has 1 aliphatic heterocycles. The lowest BCUT2D eigenvalue weighted by Gasteiger charge is -2.34. The molecule has 1 fully saturated rings. The van der Waals surface area contributed by atoms with Gasteiger partial charge in [0.1, 0.15) is 17.9 Å². The molecule has 23 heavy (non-hydrogen) atoms. The van der Waals surface area contributed by atoms with Gasteiger partial charge in [-0.1, -0.05) is 20.8 Å². The number of amides is 1. The van der Waals surface area contributed by atoms with E-state index in [9.17, 15) is 4.79 Å². The molecular formula is C15H22N6OS. The lowest BCUT2D eigenvalue weighted by Crippen LogP contribution is -2.40. The number of tetrazole rings is 1. The molecule has 3 heterocycles. The van der Waals surface area contributed by atoms with Gasteiger partial charge in [0.05, 0.1) is 11.7 Å². The Labute approximate surface area is 139 Å². The Morgan fingerprint density at radius 2 is 2.22 bits per heavy atom. The molecule has 0 spiro atoms. The van der Waals surface area contributed by atoms with Crippen LogP contribution >= 0.6 is 11.3 Å². The van der Waals surface area contributed by atoms with Gasteiger partial charge < -0.3 is 4.90 Å². The van der Waals surface area contributed by atoms with Crippen LogP contribution in [0.1, 0.15) is 56.8 Å². The van der Waals surface area contributed by atoms with Crippen LogP contribution in [0.25, 0.3) is 0 Å². The Kier molecular flexibility index (Phi) is 4.43. The van der Waals surface area contributed by atoms with E-state index in [1.807, 2.05) is 4.90 Å². The molecule has 0 aliphatic carbocycles. The number of carbonyl (C=O) groups excluding carboxylic acids is 1. The van der Waals surface area contributed by atoms with E-state index >= 15 is 0 Å². The van der Waals surface area contributed by atoms with E-state index in [0.717, 1.165) is 36.5 Å². The zero-order chi connectivity index (χ0) is 16.4. The van der Waals surface area contributed by atoms with Gasteiger partial charge in [0.2, 0.25) is 5.91 Å². The van der Waals surface area contributed by atoms with Crippen molar-refractivity contribution in [3.05, 3.63) is 22.4 Å². The topological polar surface area (TPSA) is 76.8 Å². The molecule has 2 aromatic heterocycles. The van der Waals surface area contributed by atoms with Gasteiger partial charge in [0.15, 0.2) is 0 Å². The maximum absolute atomic E-state index is 12.6. The van der Waals surface area contributed by atoms with Gasteiger partial charge in [0.25, 0.3) is 0 Å². The first-order valence-corrected chi connectivity index (χ1v) is 8.79. The standard InChI is InChI=1S/C15H22N6OS/c1-15(2,3)12-9-23-14(17-12)11-6-4-5-7-21(11)13(22)8-20-10-16-18-19-20/h9-11H,4-8H2,1-3H3. The zero-order valence-corrected chi connectivity index (χ0v) is 14.6. The van der Waals surface area contributed by atoms with Crippen LogP contribution in [0.4, 0.5) is 0 Å². The highest BCUT2D eigenvalue weighted by atomic mass is 32.1. The first kappa shape index (κ1) is 16.0. The maximum Gasteiger partial charge on any atom is 0.245 e. The van der Waals surface area contributed by atoms with E-state index in [1.54, 1.807) is 11.3 Å². The van der Waals surface area contributed by atoms with Crippen molar-refractivity contribution in [2.24, 2.45) is 0 Å². The van der Waals surface area contributed by atoms with Gasteiger partial charge in [-0.2, -0.15) is 0 Å². The largest absolute Gasteiger partial charge is 0.332 e. The van der Waals surface area contributed by atoms with Crippen LogP contribution in [-0.4, -0.2) is 42.5 Å². The molecular weight excluding hydrogens is 312 g/mol. The molecule has 0 bridgehead atoms. The first-order chi connectivity index (χ1) is 10.9. The number of carbonyl (C=O) groups is 1. The number of nitrogens with zero attached hydrogens (tertiary/aromatic N) is 6. The quantitative estimate of drug-likeness (QED) is 0.860. The van der Waals surface area contributed by atoms with Gasteiger partial charge in [-0.25, -0.2) is 9.67 Å². The van der Waals surface area contributed by atoms with Crippen molar-refractivity contribution < 1.29 is 4.79 Å². The highest BCUT2D eigenvalue weighted by molar-refractivity contribution is 7.09. The molecule has 124 valence electrons. The molecule has 3 rings (SSSR count).